The van der Waals surface area contributed by atoms with Gasteiger partial charge in [-0.1, -0.05) is 0 Å². The van der Waals surface area contributed by atoms with Crippen LogP contribution in [0.2, 0.25) is 0 Å². The van der Waals surface area contributed by atoms with E-state index in [9.17, 15) is 0 Å². The Morgan fingerprint density at radius 2 is 2.23 bits per heavy atom. The lowest BCUT2D eigenvalue weighted by Gasteiger charge is -2.05. The van der Waals surface area contributed by atoms with Gasteiger partial charge in [0.25, 0.3) is 0 Å². The van der Waals surface area contributed by atoms with Crippen LogP contribution >= 0.6 is 0 Å². The highest BCUT2D eigenvalue weighted by atomic mass is 16.5. The van der Waals surface area contributed by atoms with Crippen LogP contribution in [0.15, 0.2) is 28.9 Å². The highest BCUT2D eigenvalue weighted by Gasteiger charge is 2.03. The highest BCUT2D eigenvalue weighted by Crippen LogP contribution is 2.25. The van der Waals surface area contributed by atoms with Crippen molar-refractivity contribution in [2.24, 2.45) is 0 Å². The van der Waals surface area contributed by atoms with Gasteiger partial charge in [0.1, 0.15) is 11.3 Å². The van der Waals surface area contributed by atoms with Crippen molar-refractivity contribution in [3.05, 3.63) is 30.0 Å². The van der Waals surface area contributed by atoms with Crippen LogP contribution in [0.1, 0.15) is 12.5 Å². The van der Waals surface area contributed by atoms with Crippen LogP contribution in [0.4, 0.5) is 0 Å². The minimum Gasteiger partial charge on any atom is -0.494 e. The zero-order chi connectivity index (χ0) is 9.26. The molecular weight excluding hydrogens is 164 g/mol. The molecule has 2 aromatic rings. The first kappa shape index (κ1) is 8.17. The highest BCUT2D eigenvalue weighted by molar-refractivity contribution is 5.79. The summed E-state index contributed by atoms with van der Waals surface area (Å²) in [5.74, 6) is 0.941. The number of furan rings is 1. The molecule has 0 amide bonds. The van der Waals surface area contributed by atoms with Crippen LogP contribution in [0.5, 0.6) is 5.75 Å². The van der Waals surface area contributed by atoms with E-state index in [4.69, 9.17) is 9.15 Å². The Morgan fingerprint density at radius 3 is 3.00 bits per heavy atom. The lowest BCUT2D eigenvalue weighted by atomic mass is 10.2. The monoisotopic (exact) mass is 176 g/mol. The minimum atomic E-state index is 0.699. The summed E-state index contributed by atoms with van der Waals surface area (Å²) >= 11 is 0. The summed E-state index contributed by atoms with van der Waals surface area (Å²) < 4.78 is 10.7. The maximum atomic E-state index is 5.47. The summed E-state index contributed by atoms with van der Waals surface area (Å²) in [6.07, 6.45) is 1.69. The molecule has 0 N–H and O–H groups in total. The van der Waals surface area contributed by atoms with Crippen molar-refractivity contribution in [3.63, 3.8) is 0 Å². The van der Waals surface area contributed by atoms with Crippen LogP contribution in [0, 0.1) is 6.92 Å². The van der Waals surface area contributed by atoms with Gasteiger partial charge in [-0.15, -0.1) is 0 Å². The first-order chi connectivity index (χ1) is 6.31. The second-order valence-corrected chi connectivity index (χ2v) is 3.01. The third-order valence-corrected chi connectivity index (χ3v) is 2.05. The Hall–Kier alpha value is -1.44. The third-order valence-electron chi connectivity index (χ3n) is 2.05. The van der Waals surface area contributed by atoms with Crippen LogP contribution in [0.25, 0.3) is 11.0 Å². The normalized spacial score (nSPS) is 10.6. The molecule has 0 aliphatic carbocycles. The maximum Gasteiger partial charge on any atom is 0.134 e. The first-order valence-corrected chi connectivity index (χ1v) is 4.42. The Labute approximate surface area is 77.1 Å². The number of ether oxygens (including phenoxy) is 1. The van der Waals surface area contributed by atoms with Crippen molar-refractivity contribution in [1.82, 2.24) is 0 Å². The number of aryl methyl sites for hydroxylation is 1. The lowest BCUT2D eigenvalue weighted by Crippen LogP contribution is -1.93. The van der Waals surface area contributed by atoms with Gasteiger partial charge in [-0.05, 0) is 37.6 Å². The van der Waals surface area contributed by atoms with Crippen LogP contribution < -0.4 is 4.74 Å². The molecule has 0 radical (unpaired) electrons. The molecule has 13 heavy (non-hydrogen) atoms. The lowest BCUT2D eigenvalue weighted by molar-refractivity contribution is 0.338. The second kappa shape index (κ2) is 3.13. The van der Waals surface area contributed by atoms with E-state index in [0.717, 1.165) is 22.3 Å². The zero-order valence-corrected chi connectivity index (χ0v) is 7.83. The molecule has 1 heterocycles. The molecule has 0 saturated carbocycles. The molecule has 1 aromatic carbocycles. The van der Waals surface area contributed by atoms with E-state index >= 15 is 0 Å². The van der Waals surface area contributed by atoms with Gasteiger partial charge in [0, 0.05) is 5.39 Å². The van der Waals surface area contributed by atoms with E-state index < -0.39 is 0 Å². The fourth-order valence-corrected chi connectivity index (χ4v) is 1.40. The zero-order valence-electron chi connectivity index (χ0n) is 7.83. The van der Waals surface area contributed by atoms with Gasteiger partial charge in [-0.25, -0.2) is 0 Å². The van der Waals surface area contributed by atoms with E-state index in [-0.39, 0.29) is 0 Å². The predicted molar refractivity (Wildman–Crippen MR) is 52.1 cm³/mol. The third kappa shape index (κ3) is 1.39. The van der Waals surface area contributed by atoms with Gasteiger partial charge in [-0.2, -0.15) is 0 Å². The predicted octanol–water partition coefficient (Wildman–Crippen LogP) is 3.14. The SMILES string of the molecule is CCOc1cc2ccoc2cc1C. The molecule has 0 fully saturated rings. The molecule has 2 rings (SSSR count). The Balaban J connectivity index is 2.56. The molecule has 0 unspecified atom stereocenters. The van der Waals surface area contributed by atoms with Crippen LogP contribution in [-0.4, -0.2) is 6.61 Å². The molecule has 0 atom stereocenters. The molecule has 0 aliphatic rings. The Bertz CT molecular complexity index is 415. The number of benzene rings is 1. The minimum absolute atomic E-state index is 0.699. The van der Waals surface area contributed by atoms with Gasteiger partial charge < -0.3 is 9.15 Å². The number of hydrogen-bond donors (Lipinski definition) is 0. The van der Waals surface area contributed by atoms with Gasteiger partial charge in [0.15, 0.2) is 0 Å². The smallest absolute Gasteiger partial charge is 0.134 e. The molecule has 2 nitrogen and oxygen atoms in total. The fourth-order valence-electron chi connectivity index (χ4n) is 1.40. The van der Waals surface area contributed by atoms with Gasteiger partial charge >= 0.3 is 0 Å². The van der Waals surface area contributed by atoms with Crippen LogP contribution in [0.3, 0.4) is 0 Å². The van der Waals surface area contributed by atoms with Crippen molar-refractivity contribution in [3.8, 4) is 5.75 Å². The number of hydrogen-bond acceptors (Lipinski definition) is 2. The van der Waals surface area contributed by atoms with Gasteiger partial charge in [-0.3, -0.25) is 0 Å². The number of fused-ring (bicyclic) bond motifs is 1. The summed E-state index contributed by atoms with van der Waals surface area (Å²) in [7, 11) is 0. The topological polar surface area (TPSA) is 22.4 Å². The molecule has 68 valence electrons. The van der Waals surface area contributed by atoms with Gasteiger partial charge in [0.2, 0.25) is 0 Å². The van der Waals surface area contributed by atoms with Crippen molar-refractivity contribution >= 4 is 11.0 Å². The average molecular weight is 176 g/mol. The standard InChI is InChI=1S/C11H12O2/c1-3-12-10-7-9-4-5-13-11(9)6-8(10)2/h4-7H,3H2,1-2H3. The molecule has 0 aliphatic heterocycles. The molecule has 0 bridgehead atoms. The van der Waals surface area contributed by atoms with E-state index in [0.29, 0.717) is 6.61 Å². The van der Waals surface area contributed by atoms with E-state index in [1.165, 1.54) is 0 Å². The molecule has 1 aromatic heterocycles. The number of rotatable bonds is 2. The van der Waals surface area contributed by atoms with Crippen molar-refractivity contribution in [2.45, 2.75) is 13.8 Å². The largest absolute Gasteiger partial charge is 0.494 e. The van der Waals surface area contributed by atoms with Crippen molar-refractivity contribution < 1.29 is 9.15 Å². The maximum absolute atomic E-state index is 5.47. The van der Waals surface area contributed by atoms with Crippen molar-refractivity contribution in [1.29, 1.82) is 0 Å². The summed E-state index contributed by atoms with van der Waals surface area (Å²) in [5, 5.41) is 1.09. The Morgan fingerprint density at radius 1 is 1.38 bits per heavy atom. The quantitative estimate of drug-likeness (QED) is 0.701. The van der Waals surface area contributed by atoms with Crippen molar-refractivity contribution in [2.75, 3.05) is 6.61 Å². The van der Waals surface area contributed by atoms with E-state index in [1.54, 1.807) is 6.26 Å². The summed E-state index contributed by atoms with van der Waals surface area (Å²) in [4.78, 5) is 0. The fraction of sp³-hybridized carbons (Fsp3) is 0.273. The second-order valence-electron chi connectivity index (χ2n) is 3.01. The molecule has 0 saturated heterocycles. The van der Waals surface area contributed by atoms with Gasteiger partial charge in [0.05, 0.1) is 12.9 Å². The Kier molecular flexibility index (Phi) is 1.97. The molecular formula is C11H12O2. The van der Waals surface area contributed by atoms with Crippen LogP contribution in [-0.2, 0) is 0 Å². The van der Waals surface area contributed by atoms with E-state index in [1.807, 2.05) is 32.0 Å². The molecule has 0 spiro atoms. The summed E-state index contributed by atoms with van der Waals surface area (Å²) in [5.41, 5.74) is 2.03. The van der Waals surface area contributed by atoms with E-state index in [2.05, 4.69) is 0 Å². The average Bonchev–Trinajstić information content (AvgIpc) is 2.52. The summed E-state index contributed by atoms with van der Waals surface area (Å²) in [6.45, 7) is 4.70. The molecule has 2 heteroatoms. The summed E-state index contributed by atoms with van der Waals surface area (Å²) in [6, 6.07) is 5.95. The first-order valence-electron chi connectivity index (χ1n) is 4.42.